The summed E-state index contributed by atoms with van der Waals surface area (Å²) < 4.78 is 30.9. The molecule has 0 saturated carbocycles. The normalized spacial score (nSPS) is 11.3. The van der Waals surface area contributed by atoms with Crippen molar-refractivity contribution in [2.24, 2.45) is 0 Å². The van der Waals surface area contributed by atoms with Crippen LogP contribution in [0.1, 0.15) is 71.1 Å². The third-order valence-corrected chi connectivity index (χ3v) is 6.59. The molecule has 0 aliphatic carbocycles. The monoisotopic (exact) mass is 455 g/mol. The topological polar surface area (TPSA) is 95.4 Å². The number of hydrogen-bond donors (Lipinski definition) is 2. The second kappa shape index (κ2) is 14.9. The summed E-state index contributed by atoms with van der Waals surface area (Å²) in [5.74, 6) is 0. The summed E-state index contributed by atoms with van der Waals surface area (Å²) in [7, 11) is -3.89. The van der Waals surface area contributed by atoms with E-state index in [0.717, 1.165) is 24.8 Å². The quantitative estimate of drug-likeness (QED) is 0.163. The van der Waals surface area contributed by atoms with E-state index in [1.807, 2.05) is 0 Å². The zero-order valence-corrected chi connectivity index (χ0v) is 21.9. The van der Waals surface area contributed by atoms with Crippen molar-refractivity contribution < 1.29 is 12.6 Å². The average Bonchev–Trinajstić information content (AvgIpc) is 2.72. The minimum Gasteiger partial charge on any atom is -0.399 e. The Kier molecular flexibility index (Phi) is 13.5. The number of rotatable bonds is 14. The Labute approximate surface area is 210 Å². The van der Waals surface area contributed by atoms with Gasteiger partial charge in [0.05, 0.1) is 6.61 Å². The molecule has 0 fully saturated rings. The number of unbranched alkanes of at least 4 members (excludes halogenated alkanes) is 9. The first-order valence-corrected chi connectivity index (χ1v) is 12.5. The van der Waals surface area contributed by atoms with Crippen LogP contribution < -0.4 is 11.5 Å². The average molecular weight is 456 g/mol. The van der Waals surface area contributed by atoms with E-state index in [-0.39, 0.29) is 41.1 Å². The molecule has 0 bridgehead atoms. The van der Waals surface area contributed by atoms with Gasteiger partial charge in [0.1, 0.15) is 4.90 Å². The minimum absolute atomic E-state index is 0. The maximum absolute atomic E-state index is 12.8. The van der Waals surface area contributed by atoms with Crippen LogP contribution in [0.15, 0.2) is 47.4 Å². The van der Waals surface area contributed by atoms with Crippen molar-refractivity contribution in [3.05, 3.63) is 42.5 Å². The molecule has 1 radical (unpaired) electrons. The van der Waals surface area contributed by atoms with Crippen LogP contribution in [0.5, 0.6) is 0 Å². The third kappa shape index (κ3) is 9.96. The number of benzene rings is 2. The standard InChI is InChI=1S/C24H36N2O3S.Na/c1-2-3-4-5-6-7-8-9-10-11-18-29-30(27,28)24-19-22(26)16-17-23(24)20-12-14-21(25)15-13-20;/h12-17,19H,2-11,18,25-26H2,1H3;. The summed E-state index contributed by atoms with van der Waals surface area (Å²) >= 11 is 0. The number of anilines is 2. The number of nitrogen functional groups attached to an aromatic ring is 2. The molecule has 2 rings (SSSR count). The molecule has 5 nitrogen and oxygen atoms in total. The molecule has 0 spiro atoms. The molecule has 0 saturated heterocycles. The van der Waals surface area contributed by atoms with Crippen LogP contribution in [-0.4, -0.2) is 44.6 Å². The Hall–Kier alpha value is -1.05. The van der Waals surface area contributed by atoms with Gasteiger partial charge in [0.15, 0.2) is 0 Å². The van der Waals surface area contributed by atoms with Crippen LogP contribution in [0, 0.1) is 0 Å². The fraction of sp³-hybridized carbons (Fsp3) is 0.500. The van der Waals surface area contributed by atoms with Crippen molar-refractivity contribution in [2.75, 3.05) is 18.1 Å². The van der Waals surface area contributed by atoms with Crippen molar-refractivity contribution in [1.82, 2.24) is 0 Å². The van der Waals surface area contributed by atoms with Gasteiger partial charge in [0.25, 0.3) is 10.1 Å². The summed E-state index contributed by atoms with van der Waals surface area (Å²) in [6.45, 7) is 2.42. The van der Waals surface area contributed by atoms with Gasteiger partial charge in [-0.15, -0.1) is 0 Å². The zero-order chi connectivity index (χ0) is 21.8. The SMILES string of the molecule is CCCCCCCCCCCCOS(=O)(=O)c1cc(N)ccc1-c1ccc(N)cc1.[Na]. The predicted molar refractivity (Wildman–Crippen MR) is 131 cm³/mol. The molecule has 0 heterocycles. The van der Waals surface area contributed by atoms with E-state index in [4.69, 9.17) is 15.7 Å². The molecule has 0 aromatic heterocycles. The molecule has 7 heteroatoms. The smallest absolute Gasteiger partial charge is 0.297 e. The van der Waals surface area contributed by atoms with Crippen LogP contribution in [0.2, 0.25) is 0 Å². The minimum atomic E-state index is -3.89. The van der Waals surface area contributed by atoms with E-state index in [9.17, 15) is 8.42 Å². The van der Waals surface area contributed by atoms with Crippen molar-refractivity contribution in [3.63, 3.8) is 0 Å². The van der Waals surface area contributed by atoms with Gasteiger partial charge in [-0.05, 0) is 36.2 Å². The van der Waals surface area contributed by atoms with E-state index in [2.05, 4.69) is 6.92 Å². The van der Waals surface area contributed by atoms with Gasteiger partial charge in [0, 0.05) is 46.5 Å². The third-order valence-electron chi connectivity index (χ3n) is 5.23. The fourth-order valence-electron chi connectivity index (χ4n) is 3.47. The van der Waals surface area contributed by atoms with Gasteiger partial charge in [-0.1, -0.05) is 82.9 Å². The van der Waals surface area contributed by atoms with Crippen molar-refractivity contribution in [2.45, 2.75) is 76.0 Å². The largest absolute Gasteiger partial charge is 0.399 e. The number of nitrogens with two attached hydrogens (primary N) is 2. The first-order chi connectivity index (χ1) is 14.4. The Morgan fingerprint density at radius 3 is 1.84 bits per heavy atom. The van der Waals surface area contributed by atoms with E-state index in [1.165, 1.54) is 51.0 Å². The van der Waals surface area contributed by atoms with Crippen molar-refractivity contribution in [1.29, 1.82) is 0 Å². The van der Waals surface area contributed by atoms with Gasteiger partial charge >= 0.3 is 0 Å². The van der Waals surface area contributed by atoms with Gasteiger partial charge in [0.2, 0.25) is 0 Å². The second-order valence-electron chi connectivity index (χ2n) is 7.84. The summed E-state index contributed by atoms with van der Waals surface area (Å²) in [4.78, 5) is 0.0966. The first-order valence-electron chi connectivity index (χ1n) is 11.1. The van der Waals surface area contributed by atoms with Crippen LogP contribution in [0.4, 0.5) is 11.4 Å². The maximum Gasteiger partial charge on any atom is 0.297 e. The van der Waals surface area contributed by atoms with Gasteiger partial charge in [-0.3, -0.25) is 4.18 Å². The Morgan fingerprint density at radius 1 is 0.742 bits per heavy atom. The molecule has 0 amide bonds. The molecule has 2 aromatic carbocycles. The zero-order valence-electron chi connectivity index (χ0n) is 19.1. The molecule has 2 aromatic rings. The Bertz CT molecular complexity index is 871. The van der Waals surface area contributed by atoms with E-state index < -0.39 is 10.1 Å². The number of hydrogen-bond acceptors (Lipinski definition) is 5. The van der Waals surface area contributed by atoms with Crippen LogP contribution in [0.3, 0.4) is 0 Å². The molecular weight excluding hydrogens is 419 g/mol. The molecule has 167 valence electrons. The molecular formula is C24H36N2NaO3S. The van der Waals surface area contributed by atoms with Gasteiger partial charge in [-0.2, -0.15) is 8.42 Å². The van der Waals surface area contributed by atoms with E-state index in [1.54, 1.807) is 36.4 Å². The first kappa shape index (κ1) is 28.0. The molecule has 4 N–H and O–H groups in total. The molecule has 0 unspecified atom stereocenters. The molecule has 0 aliphatic rings. The van der Waals surface area contributed by atoms with Crippen LogP contribution in [0.25, 0.3) is 11.1 Å². The molecule has 0 atom stereocenters. The summed E-state index contributed by atoms with van der Waals surface area (Å²) in [5, 5.41) is 0. The van der Waals surface area contributed by atoms with Crippen LogP contribution in [-0.2, 0) is 14.3 Å². The van der Waals surface area contributed by atoms with Crippen molar-refractivity contribution >= 4 is 51.1 Å². The van der Waals surface area contributed by atoms with E-state index >= 15 is 0 Å². The van der Waals surface area contributed by atoms with Gasteiger partial charge < -0.3 is 11.5 Å². The van der Waals surface area contributed by atoms with Crippen LogP contribution >= 0.6 is 0 Å². The predicted octanol–water partition coefficient (Wildman–Crippen LogP) is 5.76. The molecule has 0 aliphatic heterocycles. The molecule has 31 heavy (non-hydrogen) atoms. The van der Waals surface area contributed by atoms with E-state index in [0.29, 0.717) is 16.9 Å². The Balaban J connectivity index is 0.00000480. The fourth-order valence-corrected chi connectivity index (χ4v) is 4.67. The maximum atomic E-state index is 12.8. The second-order valence-corrected chi connectivity index (χ2v) is 9.42. The summed E-state index contributed by atoms with van der Waals surface area (Å²) in [6.07, 6.45) is 11.9. The van der Waals surface area contributed by atoms with Gasteiger partial charge in [-0.25, -0.2) is 0 Å². The Morgan fingerprint density at radius 2 is 1.26 bits per heavy atom. The summed E-state index contributed by atoms with van der Waals surface area (Å²) in [5.41, 5.74) is 13.9. The summed E-state index contributed by atoms with van der Waals surface area (Å²) in [6, 6.07) is 11.9. The van der Waals surface area contributed by atoms with Crippen molar-refractivity contribution in [3.8, 4) is 11.1 Å².